The summed E-state index contributed by atoms with van der Waals surface area (Å²) in [7, 11) is 0. The molecule has 0 aromatic heterocycles. The van der Waals surface area contributed by atoms with E-state index in [4.69, 9.17) is 11.6 Å². The molecule has 144 valence electrons. The number of hydrogen-bond donors (Lipinski definition) is 1. The van der Waals surface area contributed by atoms with Crippen LogP contribution in [0.15, 0.2) is 48.5 Å². The first-order valence-electron chi connectivity index (χ1n) is 9.32. The van der Waals surface area contributed by atoms with Crippen molar-refractivity contribution in [3.63, 3.8) is 0 Å². The number of likely N-dealkylation sites (N-methyl/N-ethyl adjacent to an activating group) is 1. The van der Waals surface area contributed by atoms with E-state index in [1.54, 1.807) is 17.0 Å². The molecule has 2 aromatic carbocycles. The molecule has 1 N–H and O–H groups in total. The van der Waals surface area contributed by atoms with Crippen LogP contribution in [0.3, 0.4) is 0 Å². The average molecular weight is 387 g/mol. The smallest absolute Gasteiger partial charge is 0.242 e. The van der Waals surface area contributed by atoms with Crippen LogP contribution in [-0.4, -0.2) is 29.3 Å². The Morgan fingerprint density at radius 2 is 1.74 bits per heavy atom. The zero-order valence-electron chi connectivity index (χ0n) is 16.2. The zero-order valence-corrected chi connectivity index (χ0v) is 16.9. The Balaban J connectivity index is 2.29. The molecule has 4 nitrogen and oxygen atoms in total. The summed E-state index contributed by atoms with van der Waals surface area (Å²) in [4.78, 5) is 27.4. The van der Waals surface area contributed by atoms with Crippen molar-refractivity contribution in [1.82, 2.24) is 10.2 Å². The third-order valence-corrected chi connectivity index (χ3v) is 4.86. The van der Waals surface area contributed by atoms with Gasteiger partial charge in [0.2, 0.25) is 11.8 Å². The molecule has 0 spiro atoms. The van der Waals surface area contributed by atoms with Gasteiger partial charge in [0, 0.05) is 18.1 Å². The summed E-state index contributed by atoms with van der Waals surface area (Å²) in [6.07, 6.45) is 0.828. The minimum absolute atomic E-state index is 0.0580. The van der Waals surface area contributed by atoms with E-state index < -0.39 is 6.04 Å². The second-order valence-corrected chi connectivity index (χ2v) is 7.01. The highest BCUT2D eigenvalue weighted by molar-refractivity contribution is 6.30. The second-order valence-electron chi connectivity index (χ2n) is 6.57. The van der Waals surface area contributed by atoms with Crippen molar-refractivity contribution in [2.75, 3.05) is 6.54 Å². The fraction of sp³-hybridized carbons (Fsp3) is 0.364. The molecule has 2 rings (SSSR count). The van der Waals surface area contributed by atoms with Crippen molar-refractivity contribution in [2.24, 2.45) is 0 Å². The number of benzene rings is 2. The van der Waals surface area contributed by atoms with Crippen molar-refractivity contribution in [2.45, 2.75) is 46.2 Å². The molecule has 27 heavy (non-hydrogen) atoms. The number of carbonyl (C=O) groups excluding carboxylic acids is 2. The molecule has 1 unspecified atom stereocenters. The van der Waals surface area contributed by atoms with Gasteiger partial charge in [-0.25, -0.2) is 0 Å². The molecule has 1 atom stereocenters. The summed E-state index contributed by atoms with van der Waals surface area (Å²) in [6, 6.07) is 14.7. The Bertz CT molecular complexity index is 774. The Labute approximate surface area is 166 Å². The first kappa shape index (κ1) is 21.0. The van der Waals surface area contributed by atoms with E-state index in [0.29, 0.717) is 24.5 Å². The molecule has 0 fully saturated rings. The topological polar surface area (TPSA) is 49.4 Å². The van der Waals surface area contributed by atoms with E-state index >= 15 is 0 Å². The number of carbonyl (C=O) groups is 2. The Morgan fingerprint density at radius 1 is 1.07 bits per heavy atom. The van der Waals surface area contributed by atoms with Crippen LogP contribution in [0.25, 0.3) is 0 Å². The number of nitrogens with one attached hydrogen (secondary N) is 1. The molecule has 0 bridgehead atoms. The van der Waals surface area contributed by atoms with Crippen molar-refractivity contribution < 1.29 is 9.59 Å². The lowest BCUT2D eigenvalue weighted by atomic mass is 10.0. The predicted molar refractivity (Wildman–Crippen MR) is 110 cm³/mol. The van der Waals surface area contributed by atoms with Crippen molar-refractivity contribution in [1.29, 1.82) is 0 Å². The van der Waals surface area contributed by atoms with Crippen LogP contribution >= 0.6 is 11.6 Å². The quantitative estimate of drug-likeness (QED) is 0.741. The molecule has 5 heteroatoms. The molecular weight excluding hydrogens is 360 g/mol. The summed E-state index contributed by atoms with van der Waals surface area (Å²) >= 11 is 5.97. The molecular formula is C22H27ClN2O2. The standard InChI is InChI=1S/C22H27ClN2O2/c1-4-20(22(27)24-5-2)25(15-17-10-12-19(23)13-11-17)21(26)14-18-9-7-6-8-16(18)3/h6-13,20H,4-5,14-15H2,1-3H3,(H,24,27). The number of nitrogens with zero attached hydrogens (tertiary/aromatic N) is 1. The molecule has 0 aliphatic carbocycles. The van der Waals surface area contributed by atoms with Crippen LogP contribution in [0.2, 0.25) is 5.02 Å². The fourth-order valence-corrected chi connectivity index (χ4v) is 3.20. The molecule has 0 aliphatic heterocycles. The van der Waals surface area contributed by atoms with E-state index in [1.807, 2.05) is 57.2 Å². The second kappa shape index (κ2) is 10.1. The lowest BCUT2D eigenvalue weighted by Gasteiger charge is -2.31. The van der Waals surface area contributed by atoms with Gasteiger partial charge in [-0.05, 0) is 49.1 Å². The van der Waals surface area contributed by atoms with E-state index in [1.165, 1.54) is 0 Å². The van der Waals surface area contributed by atoms with Crippen molar-refractivity contribution in [3.05, 3.63) is 70.2 Å². The normalized spacial score (nSPS) is 11.7. The van der Waals surface area contributed by atoms with Crippen LogP contribution in [0.5, 0.6) is 0 Å². The zero-order chi connectivity index (χ0) is 19.8. The van der Waals surface area contributed by atoms with Crippen LogP contribution in [0.1, 0.15) is 37.0 Å². The van der Waals surface area contributed by atoms with Crippen molar-refractivity contribution >= 4 is 23.4 Å². The van der Waals surface area contributed by atoms with Gasteiger partial charge in [0.05, 0.1) is 6.42 Å². The fourth-order valence-electron chi connectivity index (χ4n) is 3.07. The molecule has 2 aromatic rings. The number of aryl methyl sites for hydroxylation is 1. The summed E-state index contributed by atoms with van der Waals surface area (Å²) in [5, 5.41) is 3.49. The van der Waals surface area contributed by atoms with Crippen LogP contribution < -0.4 is 5.32 Å². The van der Waals surface area contributed by atoms with Crippen LogP contribution in [0.4, 0.5) is 0 Å². The van der Waals surface area contributed by atoms with Crippen molar-refractivity contribution in [3.8, 4) is 0 Å². The van der Waals surface area contributed by atoms with E-state index in [0.717, 1.165) is 16.7 Å². The lowest BCUT2D eigenvalue weighted by Crippen LogP contribution is -2.49. The maximum atomic E-state index is 13.2. The first-order valence-corrected chi connectivity index (χ1v) is 9.70. The Hall–Kier alpha value is -2.33. The van der Waals surface area contributed by atoms with Gasteiger partial charge in [0.15, 0.2) is 0 Å². The van der Waals surface area contributed by atoms with Crippen LogP contribution in [0, 0.1) is 6.92 Å². The van der Waals surface area contributed by atoms with Gasteiger partial charge in [0.25, 0.3) is 0 Å². The monoisotopic (exact) mass is 386 g/mol. The summed E-state index contributed by atoms with van der Waals surface area (Å²) < 4.78 is 0. The van der Waals surface area contributed by atoms with Gasteiger partial charge in [-0.2, -0.15) is 0 Å². The minimum Gasteiger partial charge on any atom is -0.355 e. The summed E-state index contributed by atoms with van der Waals surface area (Å²) in [5.41, 5.74) is 3.00. The number of hydrogen-bond acceptors (Lipinski definition) is 2. The van der Waals surface area contributed by atoms with Gasteiger partial charge in [-0.15, -0.1) is 0 Å². The van der Waals surface area contributed by atoms with Gasteiger partial charge < -0.3 is 10.2 Å². The SMILES string of the molecule is CCNC(=O)C(CC)N(Cc1ccc(Cl)cc1)C(=O)Cc1ccccc1C. The maximum absolute atomic E-state index is 13.2. The molecule has 0 saturated carbocycles. The van der Waals surface area contributed by atoms with Gasteiger partial charge in [-0.3, -0.25) is 9.59 Å². The third kappa shape index (κ3) is 5.83. The molecule has 0 heterocycles. The largest absolute Gasteiger partial charge is 0.355 e. The van der Waals surface area contributed by atoms with Crippen LogP contribution in [-0.2, 0) is 22.6 Å². The average Bonchev–Trinajstić information content (AvgIpc) is 2.65. The lowest BCUT2D eigenvalue weighted by molar-refractivity contribution is -0.140. The van der Waals surface area contributed by atoms with E-state index in [2.05, 4.69) is 5.32 Å². The molecule has 0 aliphatic rings. The van der Waals surface area contributed by atoms with E-state index in [9.17, 15) is 9.59 Å². The van der Waals surface area contributed by atoms with Gasteiger partial charge in [0.1, 0.15) is 6.04 Å². The predicted octanol–water partition coefficient (Wildman–Crippen LogP) is 4.13. The Kier molecular flexibility index (Phi) is 7.86. The number of halogens is 1. The third-order valence-electron chi connectivity index (χ3n) is 4.61. The molecule has 2 amide bonds. The minimum atomic E-state index is -0.503. The number of amides is 2. The first-order chi connectivity index (χ1) is 13.0. The van der Waals surface area contributed by atoms with E-state index in [-0.39, 0.29) is 18.2 Å². The summed E-state index contributed by atoms with van der Waals surface area (Å²) in [6.45, 7) is 6.71. The van der Waals surface area contributed by atoms with Gasteiger partial charge >= 0.3 is 0 Å². The molecule has 0 saturated heterocycles. The highest BCUT2D eigenvalue weighted by atomic mass is 35.5. The Morgan fingerprint density at radius 3 is 2.33 bits per heavy atom. The highest BCUT2D eigenvalue weighted by Gasteiger charge is 2.28. The highest BCUT2D eigenvalue weighted by Crippen LogP contribution is 2.17. The number of rotatable bonds is 8. The van der Waals surface area contributed by atoms with Gasteiger partial charge in [-0.1, -0.05) is 54.9 Å². The molecule has 0 radical (unpaired) electrons. The summed E-state index contributed by atoms with van der Waals surface area (Å²) in [5.74, 6) is -0.176. The maximum Gasteiger partial charge on any atom is 0.242 e.